The van der Waals surface area contributed by atoms with Crippen molar-refractivity contribution in [2.45, 2.75) is 12.5 Å². The normalized spacial score (nSPS) is 19.4. The molecule has 2 N–H and O–H groups in total. The summed E-state index contributed by atoms with van der Waals surface area (Å²) in [5.41, 5.74) is 2.25. The molecule has 29 heavy (non-hydrogen) atoms. The molecule has 150 valence electrons. The van der Waals surface area contributed by atoms with Crippen LogP contribution in [0.3, 0.4) is 0 Å². The number of nitrogens with zero attached hydrogens (tertiary/aromatic N) is 2. The second-order valence-corrected chi connectivity index (χ2v) is 6.92. The Morgan fingerprint density at radius 3 is 2.48 bits per heavy atom. The lowest BCUT2D eigenvalue weighted by atomic mass is 10.0. The van der Waals surface area contributed by atoms with Gasteiger partial charge in [0.15, 0.2) is 0 Å². The van der Waals surface area contributed by atoms with Crippen molar-refractivity contribution in [2.24, 2.45) is 0 Å². The highest BCUT2D eigenvalue weighted by Gasteiger charge is 2.30. The van der Waals surface area contributed by atoms with E-state index in [0.717, 1.165) is 11.3 Å². The quantitative estimate of drug-likeness (QED) is 0.838. The van der Waals surface area contributed by atoms with E-state index >= 15 is 0 Å². The maximum atomic E-state index is 13.0. The second-order valence-electron chi connectivity index (χ2n) is 6.92. The molecule has 0 aromatic heterocycles. The van der Waals surface area contributed by atoms with Crippen LogP contribution < -0.4 is 15.5 Å². The summed E-state index contributed by atoms with van der Waals surface area (Å²) in [6.07, 6.45) is -0.151. The number of hydrogen-bond acceptors (Lipinski definition) is 4. The van der Waals surface area contributed by atoms with Gasteiger partial charge in [-0.1, -0.05) is 30.3 Å². The van der Waals surface area contributed by atoms with Crippen LogP contribution in [-0.4, -0.2) is 49.2 Å². The molecule has 2 saturated heterocycles. The van der Waals surface area contributed by atoms with Crippen molar-refractivity contribution in [3.63, 3.8) is 0 Å². The minimum Gasteiger partial charge on any atom is -0.447 e. The van der Waals surface area contributed by atoms with Gasteiger partial charge in [-0.05, 0) is 29.8 Å². The molecule has 0 saturated carbocycles. The number of hydrogen-bond donors (Lipinski definition) is 2. The SMILES string of the molecule is O=C1C[C@@H](c2ccccc2)N(C(=O)Nc2ccc(N3CCOC3=O)cc2)CCN1. The number of carbonyl (C=O) groups excluding carboxylic acids is 3. The molecule has 2 aliphatic heterocycles. The Morgan fingerprint density at radius 1 is 1.03 bits per heavy atom. The van der Waals surface area contributed by atoms with E-state index in [1.807, 2.05) is 30.3 Å². The van der Waals surface area contributed by atoms with E-state index in [-0.39, 0.29) is 30.5 Å². The van der Waals surface area contributed by atoms with Gasteiger partial charge in [-0.2, -0.15) is 0 Å². The molecule has 2 fully saturated rings. The molecule has 2 aromatic carbocycles. The average molecular weight is 394 g/mol. The zero-order valence-electron chi connectivity index (χ0n) is 15.8. The molecule has 8 heteroatoms. The monoisotopic (exact) mass is 394 g/mol. The standard InChI is InChI=1S/C21H22N4O4/c26-19-14-18(15-4-2-1-3-5-15)25(11-10-22-19)20(27)23-16-6-8-17(9-7-16)24-12-13-29-21(24)28/h1-9,18H,10-14H2,(H,22,26)(H,23,27)/t18-/m0/s1. The summed E-state index contributed by atoms with van der Waals surface area (Å²) in [5.74, 6) is -0.0731. The summed E-state index contributed by atoms with van der Waals surface area (Å²) >= 11 is 0. The molecule has 0 radical (unpaired) electrons. The van der Waals surface area contributed by atoms with Crippen LogP contribution in [0.1, 0.15) is 18.0 Å². The smallest absolute Gasteiger partial charge is 0.414 e. The Morgan fingerprint density at radius 2 is 1.79 bits per heavy atom. The third kappa shape index (κ3) is 4.16. The lowest BCUT2D eigenvalue weighted by Crippen LogP contribution is -2.39. The summed E-state index contributed by atoms with van der Waals surface area (Å²) < 4.78 is 4.95. The van der Waals surface area contributed by atoms with Crippen LogP contribution >= 0.6 is 0 Å². The molecule has 0 bridgehead atoms. The van der Waals surface area contributed by atoms with Gasteiger partial charge in [0, 0.05) is 24.5 Å². The first kappa shape index (κ1) is 18.8. The molecular formula is C21H22N4O4. The van der Waals surface area contributed by atoms with Crippen LogP contribution in [0.4, 0.5) is 21.0 Å². The predicted molar refractivity (Wildman–Crippen MR) is 108 cm³/mol. The number of carbonyl (C=O) groups is 3. The van der Waals surface area contributed by atoms with E-state index in [4.69, 9.17) is 4.74 Å². The van der Waals surface area contributed by atoms with Crippen molar-refractivity contribution in [3.8, 4) is 0 Å². The molecule has 4 amide bonds. The number of urea groups is 1. The van der Waals surface area contributed by atoms with E-state index in [9.17, 15) is 14.4 Å². The van der Waals surface area contributed by atoms with Gasteiger partial charge in [0.1, 0.15) is 6.61 Å². The van der Waals surface area contributed by atoms with E-state index in [1.165, 1.54) is 0 Å². The van der Waals surface area contributed by atoms with E-state index in [1.54, 1.807) is 34.1 Å². The molecule has 2 heterocycles. The van der Waals surface area contributed by atoms with Crippen LogP contribution in [0.25, 0.3) is 0 Å². The number of rotatable bonds is 3. The van der Waals surface area contributed by atoms with Gasteiger partial charge < -0.3 is 20.3 Å². The molecule has 0 aliphatic carbocycles. The molecule has 2 aliphatic rings. The molecular weight excluding hydrogens is 372 g/mol. The fourth-order valence-corrected chi connectivity index (χ4v) is 3.59. The highest BCUT2D eigenvalue weighted by atomic mass is 16.6. The minimum absolute atomic E-state index is 0.0731. The van der Waals surface area contributed by atoms with Crippen molar-refractivity contribution in [1.82, 2.24) is 10.2 Å². The Kier molecular flexibility index (Phi) is 5.33. The number of amides is 4. The van der Waals surface area contributed by atoms with Crippen LogP contribution in [-0.2, 0) is 9.53 Å². The number of cyclic esters (lactones) is 1. The van der Waals surface area contributed by atoms with Crippen LogP contribution in [0.5, 0.6) is 0 Å². The zero-order chi connectivity index (χ0) is 20.2. The fourth-order valence-electron chi connectivity index (χ4n) is 3.59. The van der Waals surface area contributed by atoms with Crippen molar-refractivity contribution >= 4 is 29.4 Å². The first-order chi connectivity index (χ1) is 14.1. The molecule has 0 unspecified atom stereocenters. The van der Waals surface area contributed by atoms with Gasteiger partial charge in [-0.25, -0.2) is 9.59 Å². The molecule has 1 atom stereocenters. The fraction of sp³-hybridized carbons (Fsp3) is 0.286. The van der Waals surface area contributed by atoms with Gasteiger partial charge >= 0.3 is 12.1 Å². The number of ether oxygens (including phenoxy) is 1. The van der Waals surface area contributed by atoms with Crippen LogP contribution in [0, 0.1) is 0 Å². The zero-order valence-corrected chi connectivity index (χ0v) is 15.8. The summed E-state index contributed by atoms with van der Waals surface area (Å²) in [6, 6.07) is 16.0. The summed E-state index contributed by atoms with van der Waals surface area (Å²) in [4.78, 5) is 40.0. The molecule has 8 nitrogen and oxygen atoms in total. The van der Waals surface area contributed by atoms with E-state index in [0.29, 0.717) is 31.9 Å². The highest BCUT2D eigenvalue weighted by Crippen LogP contribution is 2.27. The highest BCUT2D eigenvalue weighted by molar-refractivity contribution is 5.92. The largest absolute Gasteiger partial charge is 0.447 e. The summed E-state index contributed by atoms with van der Waals surface area (Å²) in [6.45, 7) is 1.71. The topological polar surface area (TPSA) is 91.0 Å². The molecule has 4 rings (SSSR count). The van der Waals surface area contributed by atoms with Gasteiger partial charge in [-0.15, -0.1) is 0 Å². The number of benzene rings is 2. The third-order valence-corrected chi connectivity index (χ3v) is 5.07. The summed E-state index contributed by atoms with van der Waals surface area (Å²) in [7, 11) is 0. The summed E-state index contributed by atoms with van der Waals surface area (Å²) in [5, 5.41) is 5.72. The van der Waals surface area contributed by atoms with Crippen LogP contribution in [0.15, 0.2) is 54.6 Å². The minimum atomic E-state index is -0.366. The van der Waals surface area contributed by atoms with Crippen molar-refractivity contribution in [1.29, 1.82) is 0 Å². The third-order valence-electron chi connectivity index (χ3n) is 5.07. The maximum absolute atomic E-state index is 13.0. The van der Waals surface area contributed by atoms with Gasteiger partial charge in [-0.3, -0.25) is 9.69 Å². The Hall–Kier alpha value is -3.55. The lowest BCUT2D eigenvalue weighted by Gasteiger charge is -2.29. The van der Waals surface area contributed by atoms with E-state index < -0.39 is 0 Å². The lowest BCUT2D eigenvalue weighted by molar-refractivity contribution is -0.121. The van der Waals surface area contributed by atoms with Gasteiger partial charge in [0.25, 0.3) is 0 Å². The molecule has 2 aromatic rings. The molecule has 0 spiro atoms. The Labute approximate surface area is 168 Å². The average Bonchev–Trinajstić information content (AvgIpc) is 3.06. The van der Waals surface area contributed by atoms with Crippen molar-refractivity contribution in [2.75, 3.05) is 36.5 Å². The van der Waals surface area contributed by atoms with Gasteiger partial charge in [0.2, 0.25) is 5.91 Å². The number of nitrogens with one attached hydrogen (secondary N) is 2. The predicted octanol–water partition coefficient (Wildman–Crippen LogP) is 2.74. The Bertz CT molecular complexity index is 901. The first-order valence-electron chi connectivity index (χ1n) is 9.55. The Balaban J connectivity index is 1.49. The first-order valence-corrected chi connectivity index (χ1v) is 9.55. The van der Waals surface area contributed by atoms with Crippen molar-refractivity contribution < 1.29 is 19.1 Å². The van der Waals surface area contributed by atoms with Gasteiger partial charge in [0.05, 0.1) is 19.0 Å². The van der Waals surface area contributed by atoms with Crippen molar-refractivity contribution in [3.05, 3.63) is 60.2 Å². The second kappa shape index (κ2) is 8.22. The maximum Gasteiger partial charge on any atom is 0.414 e. The van der Waals surface area contributed by atoms with E-state index in [2.05, 4.69) is 10.6 Å². The number of anilines is 2. The van der Waals surface area contributed by atoms with Crippen LogP contribution in [0.2, 0.25) is 0 Å².